The third kappa shape index (κ3) is 14.7. The molecule has 8 aromatic rings. The number of rotatable bonds is 9. The van der Waals surface area contributed by atoms with E-state index in [0.29, 0.717) is 11.8 Å². The number of benzene rings is 8. The third-order valence-corrected chi connectivity index (χ3v) is 12.7. The lowest BCUT2D eigenvalue weighted by atomic mass is 9.72. The van der Waals surface area contributed by atoms with E-state index >= 15 is 0 Å². The second-order valence-corrected chi connectivity index (χ2v) is 18.1. The lowest BCUT2D eigenvalue weighted by Gasteiger charge is -2.32. The van der Waals surface area contributed by atoms with Gasteiger partial charge in [0.1, 0.15) is 0 Å². The fraction of sp³-hybridized carbons (Fsp3) is 0.171. The lowest BCUT2D eigenvalue weighted by molar-refractivity contribution is 0.529. The van der Waals surface area contributed by atoms with Gasteiger partial charge in [-0.25, -0.2) is 0 Å². The van der Waals surface area contributed by atoms with Crippen molar-refractivity contribution in [2.24, 2.45) is 5.92 Å². The van der Waals surface area contributed by atoms with E-state index in [-0.39, 0.29) is 0 Å². The molecule has 0 aliphatic heterocycles. The van der Waals surface area contributed by atoms with Crippen molar-refractivity contribution in [3.8, 4) is 33.4 Å². The first-order valence-corrected chi connectivity index (χ1v) is 24.8. The molecule has 9 rings (SSSR count). The Labute approximate surface area is 422 Å². The molecule has 0 heteroatoms. The number of allylic oxidation sites excluding steroid dienone is 5. The maximum absolute atomic E-state index is 4.26. The van der Waals surface area contributed by atoms with Gasteiger partial charge in [-0.1, -0.05) is 249 Å². The van der Waals surface area contributed by atoms with Crippen LogP contribution in [-0.2, 0) is 6.42 Å². The molecular formula is C70H74. The van der Waals surface area contributed by atoms with Gasteiger partial charge in [0.15, 0.2) is 0 Å². The van der Waals surface area contributed by atoms with Gasteiger partial charge in [-0.05, 0) is 150 Å². The molecule has 70 heavy (non-hydrogen) atoms. The van der Waals surface area contributed by atoms with Crippen molar-refractivity contribution in [2.45, 2.75) is 74.1 Å². The monoisotopic (exact) mass is 915 g/mol. The second-order valence-electron chi connectivity index (χ2n) is 18.1. The number of hydrogen-bond acceptors (Lipinski definition) is 0. The molecule has 2 unspecified atom stereocenters. The van der Waals surface area contributed by atoms with Crippen molar-refractivity contribution in [3.63, 3.8) is 0 Å². The van der Waals surface area contributed by atoms with Gasteiger partial charge >= 0.3 is 0 Å². The van der Waals surface area contributed by atoms with Crippen molar-refractivity contribution in [1.82, 2.24) is 0 Å². The minimum atomic E-state index is 0.494. The summed E-state index contributed by atoms with van der Waals surface area (Å²) in [5.41, 5.74) is 23.4. The molecular weight excluding hydrogens is 841 g/mol. The Bertz CT molecular complexity index is 2960. The van der Waals surface area contributed by atoms with E-state index in [2.05, 4.69) is 256 Å². The molecule has 0 saturated carbocycles. The molecule has 2 atom stereocenters. The Balaban J connectivity index is 0.000000186. The van der Waals surface area contributed by atoms with Crippen LogP contribution in [0.3, 0.4) is 0 Å². The normalized spacial score (nSPS) is 13.4. The van der Waals surface area contributed by atoms with Crippen molar-refractivity contribution < 1.29 is 0 Å². The molecule has 0 aromatic heterocycles. The van der Waals surface area contributed by atoms with E-state index in [9.17, 15) is 0 Å². The SMILES string of the molecule is C=C.C=C(C)C.C=C(c1ccccc1)c1ccc(-c2ccccc2)cc1C.CCc1ccccc1C1=C(C)C(CC)C(c2ccccc2C)C=C1.Cc1cccc(-c2cccc(-c3ccccc3)c2)c1. The van der Waals surface area contributed by atoms with E-state index in [1.165, 1.54) is 101 Å². The van der Waals surface area contributed by atoms with Gasteiger partial charge in [0.25, 0.3) is 0 Å². The predicted octanol–water partition coefficient (Wildman–Crippen LogP) is 20.1. The molecule has 0 bridgehead atoms. The predicted molar refractivity (Wildman–Crippen MR) is 310 cm³/mol. The van der Waals surface area contributed by atoms with Gasteiger partial charge in [-0.3, -0.25) is 0 Å². The van der Waals surface area contributed by atoms with Gasteiger partial charge in [0.2, 0.25) is 0 Å². The minimum Gasteiger partial charge on any atom is -0.106 e. The van der Waals surface area contributed by atoms with Crippen molar-refractivity contribution >= 4 is 11.1 Å². The molecule has 0 amide bonds. The van der Waals surface area contributed by atoms with Crippen molar-refractivity contribution in [2.75, 3.05) is 0 Å². The first-order valence-electron chi connectivity index (χ1n) is 24.8. The lowest BCUT2D eigenvalue weighted by Crippen LogP contribution is -2.17. The summed E-state index contributed by atoms with van der Waals surface area (Å²) in [7, 11) is 0. The van der Waals surface area contributed by atoms with Crippen LogP contribution in [0.25, 0.3) is 44.5 Å². The zero-order valence-corrected chi connectivity index (χ0v) is 43.2. The van der Waals surface area contributed by atoms with Gasteiger partial charge in [0.05, 0.1) is 0 Å². The highest BCUT2D eigenvalue weighted by atomic mass is 14.3. The van der Waals surface area contributed by atoms with E-state index in [1.54, 1.807) is 0 Å². The molecule has 354 valence electrons. The Kier molecular flexibility index (Phi) is 21.0. The minimum absolute atomic E-state index is 0.494. The zero-order chi connectivity index (χ0) is 50.4. The standard InChI is InChI=1S/C24H28.C21H18.C19H16.C4H8.C2H4/c1-5-19-12-8-10-14-23(19)22-15-16-24(20(6-2)18(22)4)21-13-9-7-11-17(21)3;1-16-15-20(19-11-7-4-8-12-19)13-14-21(16)17(2)18-9-5-3-6-10-18;1-15-7-5-10-17(13-15)19-12-6-11-18(14-19)16-8-3-2-4-9-16;1-4(2)3;1-2/h7-16,20,24H,5-6H2,1-4H3;3-15H,2H2,1H3;2-14H,1H3;1H2,2-3H3;1-2H2. The van der Waals surface area contributed by atoms with Gasteiger partial charge < -0.3 is 0 Å². The molecule has 0 radical (unpaired) electrons. The van der Waals surface area contributed by atoms with Crippen LogP contribution < -0.4 is 0 Å². The van der Waals surface area contributed by atoms with Crippen LogP contribution in [-0.4, -0.2) is 0 Å². The maximum Gasteiger partial charge on any atom is 0.00895 e. The van der Waals surface area contributed by atoms with Crippen LogP contribution in [0.2, 0.25) is 0 Å². The Morgan fingerprint density at radius 3 is 1.51 bits per heavy atom. The first kappa shape index (κ1) is 53.4. The van der Waals surface area contributed by atoms with Crippen LogP contribution in [0.5, 0.6) is 0 Å². The van der Waals surface area contributed by atoms with E-state index in [4.69, 9.17) is 0 Å². The highest BCUT2D eigenvalue weighted by Crippen LogP contribution is 2.43. The highest BCUT2D eigenvalue weighted by Gasteiger charge is 2.27. The van der Waals surface area contributed by atoms with Crippen LogP contribution in [0.4, 0.5) is 0 Å². The smallest absolute Gasteiger partial charge is 0.00895 e. The summed E-state index contributed by atoms with van der Waals surface area (Å²) >= 11 is 0. The largest absolute Gasteiger partial charge is 0.106 e. The molecule has 1 aliphatic carbocycles. The molecule has 1 aliphatic rings. The van der Waals surface area contributed by atoms with Crippen LogP contribution >= 0.6 is 0 Å². The molecule has 0 heterocycles. The quantitative estimate of drug-likeness (QED) is 0.127. The summed E-state index contributed by atoms with van der Waals surface area (Å²) in [5, 5.41) is 0. The molecule has 0 N–H and O–H groups in total. The fourth-order valence-corrected chi connectivity index (χ4v) is 9.11. The van der Waals surface area contributed by atoms with Gasteiger partial charge in [-0.15, -0.1) is 19.7 Å². The number of hydrogen-bond donors (Lipinski definition) is 0. The highest BCUT2D eigenvalue weighted by molar-refractivity contribution is 5.82. The summed E-state index contributed by atoms with van der Waals surface area (Å²) in [6.07, 6.45) is 7.06. The second kappa shape index (κ2) is 27.5. The van der Waals surface area contributed by atoms with Gasteiger partial charge in [-0.2, -0.15) is 0 Å². The summed E-state index contributed by atoms with van der Waals surface area (Å²) in [4.78, 5) is 0. The van der Waals surface area contributed by atoms with Crippen molar-refractivity contribution in [3.05, 3.63) is 300 Å². The average Bonchev–Trinajstić information content (AvgIpc) is 3.40. The summed E-state index contributed by atoms with van der Waals surface area (Å²) in [6, 6.07) is 72.9. The van der Waals surface area contributed by atoms with Crippen molar-refractivity contribution in [1.29, 1.82) is 0 Å². The summed E-state index contributed by atoms with van der Waals surface area (Å²) in [6.45, 7) is 31.2. The third-order valence-electron chi connectivity index (χ3n) is 12.7. The Hall–Kier alpha value is -7.54. The molecule has 0 nitrogen and oxygen atoms in total. The molecule has 0 saturated heterocycles. The maximum atomic E-state index is 4.26. The zero-order valence-electron chi connectivity index (χ0n) is 43.2. The van der Waals surface area contributed by atoms with E-state index < -0.39 is 0 Å². The summed E-state index contributed by atoms with van der Waals surface area (Å²) < 4.78 is 0. The first-order chi connectivity index (χ1) is 34.0. The van der Waals surface area contributed by atoms with Gasteiger partial charge in [0, 0.05) is 5.92 Å². The molecule has 0 spiro atoms. The van der Waals surface area contributed by atoms with Crippen LogP contribution in [0.1, 0.15) is 91.5 Å². The number of aryl methyl sites for hydroxylation is 4. The summed E-state index contributed by atoms with van der Waals surface area (Å²) in [5.74, 6) is 1.07. The topological polar surface area (TPSA) is 0 Å². The van der Waals surface area contributed by atoms with Crippen LogP contribution in [0, 0.1) is 26.7 Å². The average molecular weight is 915 g/mol. The van der Waals surface area contributed by atoms with Crippen LogP contribution in [0.15, 0.2) is 256 Å². The Morgan fingerprint density at radius 2 is 0.957 bits per heavy atom. The fourth-order valence-electron chi connectivity index (χ4n) is 9.11. The van der Waals surface area contributed by atoms with E-state index in [0.717, 1.165) is 12.0 Å². The Morgan fingerprint density at radius 1 is 0.471 bits per heavy atom. The van der Waals surface area contributed by atoms with E-state index in [1.807, 2.05) is 44.2 Å². The molecule has 0 fully saturated rings. The molecule has 8 aromatic carbocycles.